The lowest BCUT2D eigenvalue weighted by molar-refractivity contribution is -0.228. The third kappa shape index (κ3) is 6.68. The molecule has 1 spiro atoms. The van der Waals surface area contributed by atoms with Crippen LogP contribution in [-0.2, 0) is 50.6 Å². The van der Waals surface area contributed by atoms with Crippen molar-refractivity contribution >= 4 is 46.7 Å². The first-order valence-corrected chi connectivity index (χ1v) is 24.2. The zero-order valence-corrected chi connectivity index (χ0v) is 39.9. The lowest BCUT2D eigenvalue weighted by Crippen LogP contribution is -2.81. The maximum absolute atomic E-state index is 15.6. The molecule has 1 amide bonds. The van der Waals surface area contributed by atoms with Crippen LogP contribution in [-0.4, -0.2) is 139 Å². The molecule has 9 rings (SSSR count). The fraction of sp³-hybridized carbons (Fsp3) is 0.596. The van der Waals surface area contributed by atoms with E-state index in [9.17, 15) is 29.4 Å². The van der Waals surface area contributed by atoms with Gasteiger partial charge in [-0.3, -0.25) is 29.0 Å². The van der Waals surface area contributed by atoms with Crippen molar-refractivity contribution in [1.82, 2.24) is 14.8 Å². The number of unbranched alkanes of at least 4 members (excludes halogenated alkanes) is 2. The Balaban J connectivity index is 1.36. The lowest BCUT2D eigenvalue weighted by atomic mass is 9.47. The second kappa shape index (κ2) is 17.1. The second-order valence-corrected chi connectivity index (χ2v) is 20.2. The molecule has 67 heavy (non-hydrogen) atoms. The van der Waals surface area contributed by atoms with Gasteiger partial charge in [0.15, 0.2) is 11.9 Å². The molecule has 1 unspecified atom stereocenters. The van der Waals surface area contributed by atoms with Gasteiger partial charge in [-0.05, 0) is 92.8 Å². The van der Waals surface area contributed by atoms with Crippen LogP contribution in [0.1, 0.15) is 118 Å². The van der Waals surface area contributed by atoms with Gasteiger partial charge in [-0.1, -0.05) is 45.8 Å². The number of hydrogen-bond donors (Lipinski definition) is 3. The van der Waals surface area contributed by atoms with Crippen molar-refractivity contribution in [3.05, 3.63) is 70.4 Å². The van der Waals surface area contributed by atoms with E-state index in [0.29, 0.717) is 106 Å². The molecular weight excluding hydrogens is 857 g/mol. The summed E-state index contributed by atoms with van der Waals surface area (Å²) in [6.07, 6.45) is 8.62. The summed E-state index contributed by atoms with van der Waals surface area (Å²) in [6.45, 7) is 9.99. The number of nitrogens with zero attached hydrogens (tertiary/aromatic N) is 3. The Bertz CT molecular complexity index is 2540. The quantitative estimate of drug-likeness (QED) is 0.0503. The fourth-order valence-corrected chi connectivity index (χ4v) is 14.3. The summed E-state index contributed by atoms with van der Waals surface area (Å²) in [5.41, 5.74) is -3.29. The van der Waals surface area contributed by atoms with E-state index in [1.165, 1.54) is 33.2 Å². The summed E-state index contributed by atoms with van der Waals surface area (Å²) >= 11 is 0. The number of nitrogens with one attached hydrogen (secondary N) is 1. The van der Waals surface area contributed by atoms with Gasteiger partial charge < -0.3 is 39.0 Å². The average molecular weight is 923 g/mol. The van der Waals surface area contributed by atoms with Crippen LogP contribution in [0.5, 0.6) is 5.75 Å². The van der Waals surface area contributed by atoms with E-state index in [1.807, 2.05) is 50.3 Å². The van der Waals surface area contributed by atoms with Gasteiger partial charge in [0.05, 0.1) is 38.7 Å². The Morgan fingerprint density at radius 1 is 0.925 bits per heavy atom. The van der Waals surface area contributed by atoms with Gasteiger partial charge in [0.25, 0.3) is 0 Å². The molecule has 360 valence electrons. The Morgan fingerprint density at radius 2 is 1.70 bits per heavy atom. The first-order chi connectivity index (χ1) is 32.1. The smallest absolute Gasteiger partial charge is 0.344 e. The Morgan fingerprint density at radius 3 is 2.37 bits per heavy atom. The van der Waals surface area contributed by atoms with E-state index in [-0.39, 0.29) is 23.9 Å². The van der Waals surface area contributed by atoms with Gasteiger partial charge in [0.1, 0.15) is 11.2 Å². The number of rotatable bonds is 13. The van der Waals surface area contributed by atoms with Crippen LogP contribution in [0.15, 0.2) is 42.5 Å². The summed E-state index contributed by atoms with van der Waals surface area (Å²) in [5.74, 6) is -2.21. The van der Waals surface area contributed by atoms with Crippen molar-refractivity contribution in [2.24, 2.45) is 11.3 Å². The van der Waals surface area contributed by atoms with E-state index >= 15 is 4.79 Å². The lowest BCUT2D eigenvalue weighted by Gasteiger charge is -2.63. The van der Waals surface area contributed by atoms with Crippen LogP contribution in [0, 0.1) is 11.3 Å². The van der Waals surface area contributed by atoms with E-state index < -0.39 is 63.5 Å². The number of ketones is 1. The molecule has 6 heterocycles. The minimum absolute atomic E-state index is 0.0516. The first kappa shape index (κ1) is 47.0. The molecule has 1 saturated carbocycles. The summed E-state index contributed by atoms with van der Waals surface area (Å²) in [6, 6.07) is 7.54. The van der Waals surface area contributed by atoms with Crippen LogP contribution in [0.25, 0.3) is 10.9 Å². The first-order valence-electron chi connectivity index (χ1n) is 24.2. The van der Waals surface area contributed by atoms with Crippen molar-refractivity contribution < 1.29 is 53.1 Å². The van der Waals surface area contributed by atoms with Crippen molar-refractivity contribution in [1.29, 1.82) is 0 Å². The van der Waals surface area contributed by atoms with Gasteiger partial charge in [0.2, 0.25) is 12.0 Å². The van der Waals surface area contributed by atoms with Crippen molar-refractivity contribution in [3.63, 3.8) is 0 Å². The number of methoxy groups -OCH3 is 3. The van der Waals surface area contributed by atoms with Crippen molar-refractivity contribution in [2.45, 2.75) is 132 Å². The van der Waals surface area contributed by atoms with E-state index in [0.717, 1.165) is 35.7 Å². The van der Waals surface area contributed by atoms with Crippen LogP contribution in [0.4, 0.5) is 5.69 Å². The molecule has 3 aromatic rings. The maximum Gasteiger partial charge on any atom is 0.344 e. The van der Waals surface area contributed by atoms with Crippen LogP contribution >= 0.6 is 0 Å². The van der Waals surface area contributed by atoms with Gasteiger partial charge >= 0.3 is 17.9 Å². The molecule has 15 heteroatoms. The van der Waals surface area contributed by atoms with Crippen LogP contribution in [0.2, 0.25) is 0 Å². The molecular formula is C52H66N4O11. The molecule has 6 aliphatic rings. The number of aromatic amines is 1. The summed E-state index contributed by atoms with van der Waals surface area (Å²) < 4.78 is 23.9. The topological polar surface area (TPSA) is 188 Å². The number of amides is 1. The van der Waals surface area contributed by atoms with Gasteiger partial charge in [-0.15, -0.1) is 0 Å². The fourth-order valence-electron chi connectivity index (χ4n) is 14.3. The van der Waals surface area contributed by atoms with E-state index in [2.05, 4.69) is 21.7 Å². The Labute approximate surface area is 392 Å². The molecule has 10 atom stereocenters. The molecule has 1 aliphatic carbocycles. The number of ether oxygens (including phenoxy) is 4. The number of carbonyl (C=O) groups excluding carboxylic acids is 5. The number of esters is 3. The maximum atomic E-state index is 15.6. The van der Waals surface area contributed by atoms with Gasteiger partial charge in [0, 0.05) is 90.2 Å². The Hall–Kier alpha value is -5.09. The average Bonchev–Trinajstić information content (AvgIpc) is 4.00. The highest BCUT2D eigenvalue weighted by atomic mass is 16.6. The highest BCUT2D eigenvalue weighted by Gasteiger charge is 2.81. The monoisotopic (exact) mass is 922 g/mol. The van der Waals surface area contributed by atoms with Gasteiger partial charge in [-0.25, -0.2) is 4.79 Å². The number of piperidine rings is 1. The number of benzene rings is 2. The largest absolute Gasteiger partial charge is 0.496 e. The molecule has 2 bridgehead atoms. The highest BCUT2D eigenvalue weighted by molar-refractivity contribution is 6.02. The standard InChI is InChI=1S/C52H66N4O11/c1-8-11-12-14-40(59)33-15-16-38-35(23-33)34-17-21-54-28-32(26-48(62,9-2)29-54)27-51(42(34)53-38,46(60)65-6)37-24-36-39(25-41(37)64-5)56(30-57)44-50(36)19-22-55-20-13-18-49(10-3,43(50)55)45(67-31(4)58)52(44,63)47(61)66-7/h13,15-16,18,23-25,30,32,43-45,53,62-63H,8-12,14,17,19-22,26-29H2,1-7H3/t32-,43+,44-,45-,48+,49-,50-,51+,52+/m1/s1. The number of aromatic nitrogens is 1. The number of aliphatic hydroxyl groups is 2. The van der Waals surface area contributed by atoms with Crippen molar-refractivity contribution in [2.75, 3.05) is 59.0 Å². The molecule has 1 aromatic heterocycles. The summed E-state index contributed by atoms with van der Waals surface area (Å²) in [7, 11) is 4.04. The predicted octanol–water partition coefficient (Wildman–Crippen LogP) is 5.28. The number of carbonyl (C=O) groups is 5. The molecule has 3 N–H and O–H groups in total. The molecule has 0 radical (unpaired) electrons. The minimum Gasteiger partial charge on any atom is -0.496 e. The van der Waals surface area contributed by atoms with E-state index in [4.69, 9.17) is 18.9 Å². The Kier molecular flexibility index (Phi) is 12.0. The highest BCUT2D eigenvalue weighted by Crippen LogP contribution is 2.68. The predicted molar refractivity (Wildman–Crippen MR) is 249 cm³/mol. The number of H-pyrrole nitrogens is 1. The molecule has 2 aromatic carbocycles. The number of anilines is 1. The zero-order valence-electron chi connectivity index (χ0n) is 39.9. The molecule has 2 saturated heterocycles. The number of fused-ring (bicyclic) bond motifs is 6. The molecule has 3 fully saturated rings. The number of Topliss-reactive ketones (excluding diaryl/α,β-unsaturated/α-hetero) is 1. The van der Waals surface area contributed by atoms with Gasteiger partial charge in [-0.2, -0.15) is 0 Å². The molecule has 5 aliphatic heterocycles. The third-order valence-electron chi connectivity index (χ3n) is 16.9. The minimum atomic E-state index is -2.57. The van der Waals surface area contributed by atoms with Crippen LogP contribution in [0.3, 0.4) is 0 Å². The summed E-state index contributed by atoms with van der Waals surface area (Å²) in [4.78, 5) is 80.4. The van der Waals surface area contributed by atoms with E-state index in [1.54, 1.807) is 6.07 Å². The second-order valence-electron chi connectivity index (χ2n) is 20.2. The normalized spacial score (nSPS) is 33.9. The summed E-state index contributed by atoms with van der Waals surface area (Å²) in [5, 5.41) is 26.3. The van der Waals surface area contributed by atoms with Crippen LogP contribution < -0.4 is 9.64 Å². The molecule has 15 nitrogen and oxygen atoms in total. The third-order valence-corrected chi connectivity index (χ3v) is 16.9. The SMILES string of the molecule is CCCCCC(=O)c1ccc2[nH]c3c(c2c1)CCN1C[C@H](C[C@@](O)(CC)C1)C[C@]3(C(=O)OC)c1cc2c(cc1OC)N(C=O)[C@H]1[C@@](O)(C(=O)OC)[C@H](OC(C)=O)[C@]3(CC)C=CCN4CC[C@]21[C@@H]43. The number of hydrogen-bond acceptors (Lipinski definition) is 13. The van der Waals surface area contributed by atoms with Crippen molar-refractivity contribution in [3.8, 4) is 5.75 Å². The zero-order chi connectivity index (χ0) is 47.8.